The molecule has 1 N–H and O–H groups in total. The minimum atomic E-state index is -0.176. The van der Waals surface area contributed by atoms with Gasteiger partial charge in [0.2, 0.25) is 0 Å². The molecule has 0 aliphatic carbocycles. The van der Waals surface area contributed by atoms with E-state index in [4.69, 9.17) is 4.42 Å². The number of carbonyl (C=O) groups excluding carboxylic acids is 2. The molecule has 0 aliphatic heterocycles. The summed E-state index contributed by atoms with van der Waals surface area (Å²) >= 11 is 4.27. The van der Waals surface area contributed by atoms with Crippen molar-refractivity contribution in [3.05, 3.63) is 65.4 Å². The molecule has 0 atom stereocenters. The van der Waals surface area contributed by atoms with Gasteiger partial charge >= 0.3 is 0 Å². The molecule has 5 heteroatoms. The van der Waals surface area contributed by atoms with Crippen LogP contribution in [0.3, 0.4) is 0 Å². The largest absolute Gasteiger partial charge is 0.468 e. The summed E-state index contributed by atoms with van der Waals surface area (Å²) in [5, 5.41) is 0. The second-order valence-corrected chi connectivity index (χ2v) is 5.83. The predicted molar refractivity (Wildman–Crippen MR) is 90.4 cm³/mol. The van der Waals surface area contributed by atoms with Gasteiger partial charge in [0.25, 0.3) is 0 Å². The molecule has 3 rings (SSSR count). The Balaban J connectivity index is 2.05. The van der Waals surface area contributed by atoms with Crippen LogP contribution in [-0.4, -0.2) is 16.6 Å². The molecule has 0 bridgehead atoms. The average molecular weight is 325 g/mol. The first kappa shape index (κ1) is 15.4. The van der Waals surface area contributed by atoms with Crippen LogP contribution in [0.15, 0.2) is 52.1 Å². The Hall–Kier alpha value is -2.53. The Morgan fingerprint density at radius 1 is 1.17 bits per heavy atom. The summed E-state index contributed by atoms with van der Waals surface area (Å²) in [5.74, 6) is 0.257. The van der Waals surface area contributed by atoms with Gasteiger partial charge < -0.3 is 9.40 Å². The van der Waals surface area contributed by atoms with Crippen LogP contribution in [0.25, 0.3) is 11.1 Å². The van der Waals surface area contributed by atoms with E-state index in [9.17, 15) is 9.59 Å². The minimum absolute atomic E-state index is 0.113. The zero-order valence-corrected chi connectivity index (χ0v) is 13.6. The van der Waals surface area contributed by atoms with E-state index < -0.39 is 0 Å². The molecule has 23 heavy (non-hydrogen) atoms. The van der Waals surface area contributed by atoms with Crippen LogP contribution in [0.5, 0.6) is 0 Å². The standard InChI is InChI=1S/C18H15NO3S/c1-10(20)16-7-13(8-19-16)18(21)17-11(2)22-9-15(17)12-3-5-14(23)6-4-12/h3-9,19,23H,1-2H3. The normalized spacial score (nSPS) is 10.7. The number of H-pyrrole nitrogens is 1. The highest BCUT2D eigenvalue weighted by Crippen LogP contribution is 2.30. The Bertz CT molecular complexity index is 887. The van der Waals surface area contributed by atoms with Gasteiger partial charge in [0.15, 0.2) is 11.6 Å². The fourth-order valence-electron chi connectivity index (χ4n) is 2.46. The molecule has 0 spiro atoms. The number of rotatable bonds is 4. The van der Waals surface area contributed by atoms with E-state index >= 15 is 0 Å². The van der Waals surface area contributed by atoms with E-state index in [2.05, 4.69) is 17.6 Å². The van der Waals surface area contributed by atoms with E-state index in [1.807, 2.05) is 24.3 Å². The van der Waals surface area contributed by atoms with Crippen molar-refractivity contribution < 1.29 is 14.0 Å². The molecule has 0 radical (unpaired) electrons. The maximum absolute atomic E-state index is 12.8. The second-order valence-electron chi connectivity index (χ2n) is 5.31. The van der Waals surface area contributed by atoms with Crippen LogP contribution in [0, 0.1) is 6.92 Å². The first-order valence-corrected chi connectivity index (χ1v) is 7.53. The monoisotopic (exact) mass is 325 g/mol. The minimum Gasteiger partial charge on any atom is -0.468 e. The molecule has 4 nitrogen and oxygen atoms in total. The van der Waals surface area contributed by atoms with Crippen LogP contribution in [0.4, 0.5) is 0 Å². The highest BCUT2D eigenvalue weighted by Gasteiger charge is 2.22. The lowest BCUT2D eigenvalue weighted by atomic mass is 9.97. The summed E-state index contributed by atoms with van der Waals surface area (Å²) in [6.45, 7) is 3.20. The Morgan fingerprint density at radius 2 is 1.87 bits per heavy atom. The van der Waals surface area contributed by atoms with Gasteiger partial charge in [-0.25, -0.2) is 0 Å². The topological polar surface area (TPSA) is 63.1 Å². The van der Waals surface area contributed by atoms with Crippen molar-refractivity contribution in [1.82, 2.24) is 4.98 Å². The molecule has 116 valence electrons. The van der Waals surface area contributed by atoms with Crippen LogP contribution in [0.2, 0.25) is 0 Å². The smallest absolute Gasteiger partial charge is 0.198 e. The lowest BCUT2D eigenvalue weighted by Crippen LogP contribution is -2.02. The van der Waals surface area contributed by atoms with Crippen molar-refractivity contribution in [1.29, 1.82) is 0 Å². The van der Waals surface area contributed by atoms with Gasteiger partial charge in [0.05, 0.1) is 17.5 Å². The lowest BCUT2D eigenvalue weighted by molar-refractivity contribution is 0.101. The molecule has 0 saturated heterocycles. The quantitative estimate of drug-likeness (QED) is 0.555. The van der Waals surface area contributed by atoms with Gasteiger partial charge in [-0.15, -0.1) is 12.6 Å². The molecule has 0 unspecified atom stereocenters. The van der Waals surface area contributed by atoms with Crippen molar-refractivity contribution >= 4 is 24.2 Å². The zero-order valence-electron chi connectivity index (χ0n) is 12.7. The third-order valence-electron chi connectivity index (χ3n) is 3.70. The molecule has 0 aliphatic rings. The highest BCUT2D eigenvalue weighted by molar-refractivity contribution is 7.80. The van der Waals surface area contributed by atoms with E-state index in [0.717, 1.165) is 16.0 Å². The second kappa shape index (κ2) is 5.93. The number of benzene rings is 1. The number of aromatic nitrogens is 1. The number of ketones is 2. The van der Waals surface area contributed by atoms with E-state index in [-0.39, 0.29) is 11.6 Å². The van der Waals surface area contributed by atoms with E-state index in [0.29, 0.717) is 22.6 Å². The Morgan fingerprint density at radius 3 is 2.48 bits per heavy atom. The molecular weight excluding hydrogens is 310 g/mol. The lowest BCUT2D eigenvalue weighted by Gasteiger charge is -2.03. The number of hydrogen-bond donors (Lipinski definition) is 2. The number of furan rings is 1. The first-order valence-electron chi connectivity index (χ1n) is 7.09. The summed E-state index contributed by atoms with van der Waals surface area (Å²) in [4.78, 5) is 27.9. The summed E-state index contributed by atoms with van der Waals surface area (Å²) in [5.41, 5.74) is 2.96. The zero-order chi connectivity index (χ0) is 16.6. The number of hydrogen-bond acceptors (Lipinski definition) is 4. The van der Waals surface area contributed by atoms with Gasteiger partial charge in [0.1, 0.15) is 5.76 Å². The summed E-state index contributed by atoms with van der Waals surface area (Å²) in [6, 6.07) is 9.07. The number of aromatic amines is 1. The molecule has 0 fully saturated rings. The van der Waals surface area contributed by atoms with Gasteiger partial charge in [-0.1, -0.05) is 12.1 Å². The van der Waals surface area contributed by atoms with Gasteiger partial charge in [-0.2, -0.15) is 0 Å². The molecule has 1 aromatic carbocycles. The van der Waals surface area contributed by atoms with Crippen molar-refractivity contribution in [2.75, 3.05) is 0 Å². The van der Waals surface area contributed by atoms with Crippen molar-refractivity contribution in [2.24, 2.45) is 0 Å². The average Bonchev–Trinajstić information content (AvgIpc) is 3.14. The van der Waals surface area contributed by atoms with Gasteiger partial charge in [-0.05, 0) is 30.7 Å². The van der Waals surface area contributed by atoms with Crippen LogP contribution in [0.1, 0.15) is 39.1 Å². The SMILES string of the molecule is CC(=O)c1cc(C(=O)c2c(-c3ccc(S)cc3)coc2C)c[nH]1. The third kappa shape index (κ3) is 2.87. The van der Waals surface area contributed by atoms with Crippen molar-refractivity contribution in [2.45, 2.75) is 18.7 Å². The molecule has 0 saturated carbocycles. The number of thiol groups is 1. The molecular formula is C18H15NO3S. The van der Waals surface area contributed by atoms with Gasteiger partial charge in [-0.3, -0.25) is 9.59 Å². The maximum atomic E-state index is 12.8. The van der Waals surface area contributed by atoms with Crippen molar-refractivity contribution in [3.63, 3.8) is 0 Å². The van der Waals surface area contributed by atoms with Crippen LogP contribution < -0.4 is 0 Å². The van der Waals surface area contributed by atoms with Crippen LogP contribution in [-0.2, 0) is 0 Å². The van der Waals surface area contributed by atoms with E-state index in [1.54, 1.807) is 25.5 Å². The maximum Gasteiger partial charge on any atom is 0.198 e. The highest BCUT2D eigenvalue weighted by atomic mass is 32.1. The number of carbonyl (C=O) groups is 2. The Labute approximate surface area is 138 Å². The molecule has 3 aromatic rings. The van der Waals surface area contributed by atoms with E-state index in [1.165, 1.54) is 6.92 Å². The van der Waals surface area contributed by atoms with Gasteiger partial charge in [0, 0.05) is 29.1 Å². The summed E-state index contributed by atoms with van der Waals surface area (Å²) in [7, 11) is 0. The predicted octanol–water partition coefficient (Wildman–Crippen LogP) is 4.31. The Kier molecular flexibility index (Phi) is 3.96. The summed E-state index contributed by atoms with van der Waals surface area (Å²) < 4.78 is 5.46. The molecule has 2 aromatic heterocycles. The van der Waals surface area contributed by atoms with Crippen LogP contribution >= 0.6 is 12.6 Å². The number of nitrogens with one attached hydrogen (secondary N) is 1. The number of Topliss-reactive ketones (excluding diaryl/α,β-unsaturated/α-hetero) is 1. The van der Waals surface area contributed by atoms with Crippen molar-refractivity contribution in [3.8, 4) is 11.1 Å². The number of aryl methyl sites for hydroxylation is 1. The third-order valence-corrected chi connectivity index (χ3v) is 4.00. The summed E-state index contributed by atoms with van der Waals surface area (Å²) in [6.07, 6.45) is 3.13. The first-order chi connectivity index (χ1) is 11.0. The fraction of sp³-hybridized carbons (Fsp3) is 0.111. The molecule has 2 heterocycles. The fourth-order valence-corrected chi connectivity index (χ4v) is 2.61. The molecule has 0 amide bonds.